The van der Waals surface area contributed by atoms with E-state index >= 15 is 0 Å². The first kappa shape index (κ1) is 15.7. The Morgan fingerprint density at radius 1 is 1.11 bits per heavy atom. The van der Waals surface area contributed by atoms with Crippen molar-refractivity contribution in [3.63, 3.8) is 0 Å². The summed E-state index contributed by atoms with van der Waals surface area (Å²) < 4.78 is 0. The molecule has 2 rings (SSSR count). The highest BCUT2D eigenvalue weighted by atomic mass is 32.2. The van der Waals surface area contributed by atoms with Crippen LogP contribution in [0.4, 0.5) is 0 Å². The number of hydrogen-bond acceptors (Lipinski definition) is 2. The zero-order valence-corrected chi connectivity index (χ0v) is 13.8. The van der Waals surface area contributed by atoms with Crippen molar-refractivity contribution in [3.8, 4) is 0 Å². The number of rotatable bonds is 6. The number of nitrogens with one attached hydrogen (secondary N) is 1. The summed E-state index contributed by atoms with van der Waals surface area (Å²) in [4.78, 5) is 0. The zero-order valence-electron chi connectivity index (χ0n) is 13.0. The molecule has 1 aliphatic heterocycles. The molecule has 0 spiro atoms. The van der Waals surface area contributed by atoms with Crippen molar-refractivity contribution in [2.75, 3.05) is 12.3 Å². The lowest BCUT2D eigenvalue weighted by atomic mass is 9.75. The average molecular weight is 284 g/mol. The van der Waals surface area contributed by atoms with Gasteiger partial charge in [0, 0.05) is 11.3 Å². The van der Waals surface area contributed by atoms with E-state index in [1.807, 2.05) is 0 Å². The van der Waals surface area contributed by atoms with Crippen LogP contribution in [0.15, 0.2) is 0 Å². The third-order valence-corrected chi connectivity index (χ3v) is 6.64. The van der Waals surface area contributed by atoms with Crippen molar-refractivity contribution in [3.05, 3.63) is 0 Å². The fourth-order valence-electron chi connectivity index (χ4n) is 3.99. The Morgan fingerprint density at radius 3 is 2.68 bits per heavy atom. The van der Waals surface area contributed by atoms with E-state index in [9.17, 15) is 0 Å². The minimum absolute atomic E-state index is 0.805. The third kappa shape index (κ3) is 4.67. The lowest BCUT2D eigenvalue weighted by molar-refractivity contribution is 0.202. The van der Waals surface area contributed by atoms with Gasteiger partial charge in [0.1, 0.15) is 0 Å². The highest BCUT2D eigenvalue weighted by Gasteiger charge is 2.33. The number of hydrogen-bond donors (Lipinski definition) is 1. The maximum Gasteiger partial charge on any atom is 0.0214 e. The summed E-state index contributed by atoms with van der Waals surface area (Å²) in [6.07, 6.45) is 13.0. The Bertz CT molecular complexity index is 237. The topological polar surface area (TPSA) is 12.0 Å². The van der Waals surface area contributed by atoms with Gasteiger partial charge in [-0.05, 0) is 56.2 Å². The molecule has 4 unspecified atom stereocenters. The van der Waals surface area contributed by atoms with Crippen LogP contribution in [0.1, 0.15) is 71.6 Å². The molecule has 1 aliphatic carbocycles. The molecule has 1 saturated carbocycles. The van der Waals surface area contributed by atoms with Gasteiger partial charge in [-0.15, -0.1) is 0 Å². The fraction of sp³-hybridized carbons (Fsp3) is 1.00. The lowest BCUT2D eigenvalue weighted by Crippen LogP contribution is -2.46. The van der Waals surface area contributed by atoms with Crippen molar-refractivity contribution in [1.29, 1.82) is 0 Å². The molecule has 0 aromatic carbocycles. The molecule has 1 heterocycles. The first-order valence-corrected chi connectivity index (χ1v) is 9.75. The van der Waals surface area contributed by atoms with Gasteiger partial charge in [0.15, 0.2) is 0 Å². The Labute approximate surface area is 124 Å². The van der Waals surface area contributed by atoms with Crippen LogP contribution < -0.4 is 5.32 Å². The molecule has 0 radical (unpaired) electrons. The minimum Gasteiger partial charge on any atom is -0.313 e. The van der Waals surface area contributed by atoms with E-state index < -0.39 is 0 Å². The van der Waals surface area contributed by atoms with Crippen molar-refractivity contribution in [2.24, 2.45) is 11.8 Å². The van der Waals surface area contributed by atoms with E-state index in [-0.39, 0.29) is 0 Å². The lowest BCUT2D eigenvalue weighted by Gasteiger charge is -2.40. The second kappa shape index (κ2) is 8.56. The summed E-state index contributed by atoms with van der Waals surface area (Å²) >= 11 is 2.26. The van der Waals surface area contributed by atoms with Crippen LogP contribution in [0.5, 0.6) is 0 Å². The van der Waals surface area contributed by atoms with Crippen LogP contribution in [-0.4, -0.2) is 23.6 Å². The molecule has 0 aromatic heterocycles. The molecule has 19 heavy (non-hydrogen) atoms. The second-order valence-electron chi connectivity index (χ2n) is 6.59. The Hall–Kier alpha value is 0.310. The van der Waals surface area contributed by atoms with Crippen LogP contribution in [0.3, 0.4) is 0 Å². The SMILES string of the molecule is CCCNC(C1CCCC(CC)C1)C1CCCCS1. The highest BCUT2D eigenvalue weighted by Crippen LogP contribution is 2.38. The number of thioether (sulfide) groups is 1. The molecule has 0 bridgehead atoms. The summed E-state index contributed by atoms with van der Waals surface area (Å²) in [6, 6.07) is 0.805. The van der Waals surface area contributed by atoms with E-state index in [1.165, 1.54) is 70.1 Å². The normalized spacial score (nSPS) is 34.1. The van der Waals surface area contributed by atoms with Crippen molar-refractivity contribution < 1.29 is 0 Å². The van der Waals surface area contributed by atoms with Crippen molar-refractivity contribution in [1.82, 2.24) is 5.32 Å². The van der Waals surface area contributed by atoms with Gasteiger partial charge in [0.05, 0.1) is 0 Å². The smallest absolute Gasteiger partial charge is 0.0214 e. The molecule has 112 valence electrons. The van der Waals surface area contributed by atoms with Crippen LogP contribution in [0.2, 0.25) is 0 Å². The fourth-order valence-corrected chi connectivity index (χ4v) is 5.52. The maximum atomic E-state index is 3.93. The summed E-state index contributed by atoms with van der Waals surface area (Å²) in [5.41, 5.74) is 0. The quantitative estimate of drug-likeness (QED) is 0.747. The molecule has 2 fully saturated rings. The summed E-state index contributed by atoms with van der Waals surface area (Å²) in [5.74, 6) is 3.37. The van der Waals surface area contributed by atoms with Gasteiger partial charge in [-0.1, -0.05) is 39.5 Å². The Balaban J connectivity index is 1.94. The minimum atomic E-state index is 0.805. The van der Waals surface area contributed by atoms with E-state index in [4.69, 9.17) is 0 Å². The standard InChI is InChI=1S/C17H33NS/c1-3-11-18-17(16-10-5-6-12-19-16)15-9-7-8-14(4-2)13-15/h14-18H,3-13H2,1-2H3. The first-order chi connectivity index (χ1) is 9.35. The van der Waals surface area contributed by atoms with Crippen LogP contribution >= 0.6 is 11.8 Å². The summed E-state index contributed by atoms with van der Waals surface area (Å²) in [7, 11) is 0. The molecule has 1 saturated heterocycles. The van der Waals surface area contributed by atoms with E-state index in [1.54, 1.807) is 0 Å². The van der Waals surface area contributed by atoms with Gasteiger partial charge < -0.3 is 5.32 Å². The molecule has 0 aromatic rings. The predicted molar refractivity (Wildman–Crippen MR) is 87.9 cm³/mol. The molecule has 4 atom stereocenters. The van der Waals surface area contributed by atoms with E-state index in [0.717, 1.165) is 23.1 Å². The monoisotopic (exact) mass is 283 g/mol. The molecular weight excluding hydrogens is 250 g/mol. The average Bonchev–Trinajstić information content (AvgIpc) is 2.49. The van der Waals surface area contributed by atoms with Gasteiger partial charge >= 0.3 is 0 Å². The molecule has 2 heteroatoms. The van der Waals surface area contributed by atoms with Gasteiger partial charge in [0.25, 0.3) is 0 Å². The van der Waals surface area contributed by atoms with Gasteiger partial charge in [0.2, 0.25) is 0 Å². The van der Waals surface area contributed by atoms with Crippen LogP contribution in [0, 0.1) is 11.8 Å². The zero-order chi connectivity index (χ0) is 13.5. The van der Waals surface area contributed by atoms with Gasteiger partial charge in [-0.3, -0.25) is 0 Å². The van der Waals surface area contributed by atoms with Crippen molar-refractivity contribution >= 4 is 11.8 Å². The van der Waals surface area contributed by atoms with Crippen LogP contribution in [-0.2, 0) is 0 Å². The van der Waals surface area contributed by atoms with E-state index in [2.05, 4.69) is 30.9 Å². The highest BCUT2D eigenvalue weighted by molar-refractivity contribution is 8.00. The maximum absolute atomic E-state index is 3.93. The second-order valence-corrected chi connectivity index (χ2v) is 7.93. The molecule has 0 amide bonds. The largest absolute Gasteiger partial charge is 0.313 e. The van der Waals surface area contributed by atoms with Gasteiger partial charge in [-0.25, -0.2) is 0 Å². The van der Waals surface area contributed by atoms with Crippen LogP contribution in [0.25, 0.3) is 0 Å². The predicted octanol–water partition coefficient (Wildman–Crippen LogP) is 4.86. The first-order valence-electron chi connectivity index (χ1n) is 8.70. The van der Waals surface area contributed by atoms with Crippen molar-refractivity contribution in [2.45, 2.75) is 82.9 Å². The Morgan fingerprint density at radius 2 is 2.00 bits per heavy atom. The molecule has 2 aliphatic rings. The summed E-state index contributed by atoms with van der Waals surface area (Å²) in [5, 5.41) is 4.84. The molecule has 1 N–H and O–H groups in total. The Kier molecular flexibility index (Phi) is 7.07. The summed E-state index contributed by atoms with van der Waals surface area (Å²) in [6.45, 7) is 5.90. The van der Waals surface area contributed by atoms with Gasteiger partial charge in [-0.2, -0.15) is 11.8 Å². The third-order valence-electron chi connectivity index (χ3n) is 5.15. The molecule has 1 nitrogen and oxygen atoms in total. The molecular formula is C17H33NS. The van der Waals surface area contributed by atoms with E-state index in [0.29, 0.717) is 0 Å².